The highest BCUT2D eigenvalue weighted by Gasteiger charge is 2.30. The summed E-state index contributed by atoms with van der Waals surface area (Å²) in [7, 11) is 0. The Hall–Kier alpha value is -2.48. The van der Waals surface area contributed by atoms with E-state index >= 15 is 0 Å². The van der Waals surface area contributed by atoms with Gasteiger partial charge < -0.3 is 10.2 Å². The van der Waals surface area contributed by atoms with Gasteiger partial charge in [0, 0.05) is 35.7 Å². The van der Waals surface area contributed by atoms with E-state index < -0.39 is 17.6 Å². The Kier molecular flexibility index (Phi) is 5.74. The Morgan fingerprint density at radius 1 is 1.04 bits per heavy atom. The maximum absolute atomic E-state index is 12.5. The summed E-state index contributed by atoms with van der Waals surface area (Å²) < 4.78 is 37.6. The number of thioether (sulfide) groups is 1. The van der Waals surface area contributed by atoms with Crippen LogP contribution >= 0.6 is 11.8 Å². The molecule has 0 radical (unpaired) electrons. The number of halogens is 3. The second-order valence-electron chi connectivity index (χ2n) is 5.98. The van der Waals surface area contributed by atoms with Gasteiger partial charge in [-0.15, -0.1) is 11.8 Å². The predicted molar refractivity (Wildman–Crippen MR) is 98.8 cm³/mol. The van der Waals surface area contributed by atoms with Crippen molar-refractivity contribution in [2.45, 2.75) is 23.9 Å². The van der Waals surface area contributed by atoms with Gasteiger partial charge in [-0.1, -0.05) is 12.1 Å². The molecule has 1 N–H and O–H groups in total. The van der Waals surface area contributed by atoms with Gasteiger partial charge in [-0.25, -0.2) is 0 Å². The zero-order valence-corrected chi connectivity index (χ0v) is 15.1. The molecule has 0 saturated carbocycles. The summed E-state index contributed by atoms with van der Waals surface area (Å²) in [4.78, 5) is 27.2. The Morgan fingerprint density at radius 2 is 1.74 bits per heavy atom. The fraction of sp³-hybridized carbons (Fsp3) is 0.263. The molecule has 0 aliphatic carbocycles. The van der Waals surface area contributed by atoms with Crippen molar-refractivity contribution in [3.8, 4) is 0 Å². The first-order valence-electron chi connectivity index (χ1n) is 8.34. The lowest BCUT2D eigenvalue weighted by molar-refractivity contribution is -0.137. The lowest BCUT2D eigenvalue weighted by Gasteiger charge is -2.29. The number of nitrogens with one attached hydrogen (secondary N) is 1. The van der Waals surface area contributed by atoms with Crippen molar-refractivity contribution in [2.75, 3.05) is 22.5 Å². The minimum absolute atomic E-state index is 0.0332. The van der Waals surface area contributed by atoms with Crippen LogP contribution in [-0.2, 0) is 15.8 Å². The first-order chi connectivity index (χ1) is 12.8. The Bertz CT molecular complexity index is 838. The minimum atomic E-state index is -4.42. The molecule has 0 unspecified atom stereocenters. The molecule has 2 amide bonds. The number of fused-ring (bicyclic) bond motifs is 1. The quantitative estimate of drug-likeness (QED) is 0.827. The summed E-state index contributed by atoms with van der Waals surface area (Å²) in [6, 6.07) is 11.8. The number of hydrogen-bond acceptors (Lipinski definition) is 3. The van der Waals surface area contributed by atoms with E-state index in [1.807, 2.05) is 24.3 Å². The van der Waals surface area contributed by atoms with Crippen LogP contribution in [0.1, 0.15) is 18.4 Å². The van der Waals surface area contributed by atoms with Crippen molar-refractivity contribution in [3.05, 3.63) is 54.1 Å². The van der Waals surface area contributed by atoms with Crippen LogP contribution in [0.15, 0.2) is 53.4 Å². The van der Waals surface area contributed by atoms with Crippen molar-refractivity contribution < 1.29 is 22.8 Å². The number of carbonyl (C=O) groups is 2. The molecule has 1 aliphatic heterocycles. The zero-order valence-electron chi connectivity index (χ0n) is 14.3. The number of carbonyl (C=O) groups excluding carboxylic acids is 2. The van der Waals surface area contributed by atoms with Crippen molar-refractivity contribution in [1.82, 2.24) is 0 Å². The van der Waals surface area contributed by atoms with E-state index in [-0.39, 0.29) is 24.4 Å². The van der Waals surface area contributed by atoms with Gasteiger partial charge in [-0.3, -0.25) is 9.59 Å². The summed E-state index contributed by atoms with van der Waals surface area (Å²) in [6.45, 7) is 0.584. The smallest absolute Gasteiger partial charge is 0.326 e. The lowest BCUT2D eigenvalue weighted by atomic mass is 10.2. The van der Waals surface area contributed by atoms with Crippen LogP contribution in [-0.4, -0.2) is 24.1 Å². The van der Waals surface area contributed by atoms with Crippen LogP contribution in [0.5, 0.6) is 0 Å². The van der Waals surface area contributed by atoms with Gasteiger partial charge in [0.25, 0.3) is 0 Å². The molecular formula is C19H17F3N2O2S. The highest BCUT2D eigenvalue weighted by molar-refractivity contribution is 7.99. The molecule has 4 nitrogen and oxygen atoms in total. The molecule has 142 valence electrons. The average Bonchev–Trinajstić information content (AvgIpc) is 2.65. The third kappa shape index (κ3) is 4.82. The Labute approximate surface area is 158 Å². The van der Waals surface area contributed by atoms with Crippen LogP contribution in [0.4, 0.5) is 24.5 Å². The number of hydrogen-bond donors (Lipinski definition) is 1. The number of amides is 2. The number of para-hydroxylation sites is 1. The molecule has 0 saturated heterocycles. The number of benzene rings is 2. The van der Waals surface area contributed by atoms with Gasteiger partial charge in [0.1, 0.15) is 0 Å². The molecule has 0 aromatic heterocycles. The molecule has 2 aromatic carbocycles. The summed E-state index contributed by atoms with van der Waals surface area (Å²) in [5.74, 6) is 0.230. The molecule has 0 atom stereocenters. The SMILES string of the molecule is O=C(CCC(=O)N1CCSc2ccccc21)Nc1ccc(C(F)(F)F)cc1. The van der Waals surface area contributed by atoms with E-state index in [4.69, 9.17) is 0 Å². The molecule has 2 aromatic rings. The number of nitrogens with zero attached hydrogens (tertiary/aromatic N) is 1. The average molecular weight is 394 g/mol. The highest BCUT2D eigenvalue weighted by atomic mass is 32.2. The molecule has 27 heavy (non-hydrogen) atoms. The third-order valence-electron chi connectivity index (χ3n) is 4.09. The fourth-order valence-corrected chi connectivity index (χ4v) is 3.74. The maximum atomic E-state index is 12.5. The molecule has 3 rings (SSSR count). The standard InChI is InChI=1S/C19H17F3N2O2S/c20-19(21,22)13-5-7-14(8-6-13)23-17(25)9-10-18(26)24-11-12-27-16-4-2-1-3-15(16)24/h1-8H,9-12H2,(H,23,25). The topological polar surface area (TPSA) is 49.4 Å². The third-order valence-corrected chi connectivity index (χ3v) is 5.13. The maximum Gasteiger partial charge on any atom is 0.416 e. The van der Waals surface area contributed by atoms with E-state index in [0.29, 0.717) is 6.54 Å². The van der Waals surface area contributed by atoms with E-state index in [1.54, 1.807) is 16.7 Å². The second kappa shape index (κ2) is 8.04. The highest BCUT2D eigenvalue weighted by Crippen LogP contribution is 2.34. The van der Waals surface area contributed by atoms with Crippen LogP contribution in [0.25, 0.3) is 0 Å². The monoisotopic (exact) mass is 394 g/mol. The van der Waals surface area contributed by atoms with E-state index in [0.717, 1.165) is 28.5 Å². The number of rotatable bonds is 4. The molecule has 8 heteroatoms. The Morgan fingerprint density at radius 3 is 2.44 bits per heavy atom. The van der Waals surface area contributed by atoms with Gasteiger partial charge in [0.05, 0.1) is 11.3 Å². The van der Waals surface area contributed by atoms with Crippen LogP contribution in [0, 0.1) is 0 Å². The largest absolute Gasteiger partial charge is 0.416 e. The fourth-order valence-electron chi connectivity index (χ4n) is 2.75. The van der Waals surface area contributed by atoms with Crippen LogP contribution in [0.3, 0.4) is 0 Å². The van der Waals surface area contributed by atoms with Crippen LogP contribution < -0.4 is 10.2 Å². The van der Waals surface area contributed by atoms with Gasteiger partial charge in [-0.2, -0.15) is 13.2 Å². The minimum Gasteiger partial charge on any atom is -0.326 e. The predicted octanol–water partition coefficient (Wildman–Crippen LogP) is 4.56. The number of anilines is 2. The van der Waals surface area contributed by atoms with E-state index in [9.17, 15) is 22.8 Å². The molecule has 0 fully saturated rings. The first kappa shape index (κ1) is 19.3. The van der Waals surface area contributed by atoms with Crippen molar-refractivity contribution in [3.63, 3.8) is 0 Å². The normalized spacial score (nSPS) is 13.8. The van der Waals surface area contributed by atoms with Crippen molar-refractivity contribution >= 4 is 35.0 Å². The zero-order chi connectivity index (χ0) is 19.4. The van der Waals surface area contributed by atoms with Gasteiger partial charge in [0.2, 0.25) is 11.8 Å². The molecule has 1 heterocycles. The summed E-state index contributed by atoms with van der Waals surface area (Å²) in [5.41, 5.74) is 0.333. The Balaban J connectivity index is 1.54. The molecule has 0 spiro atoms. The first-order valence-corrected chi connectivity index (χ1v) is 9.32. The summed E-state index contributed by atoms with van der Waals surface area (Å²) >= 11 is 1.69. The van der Waals surface area contributed by atoms with E-state index in [2.05, 4.69) is 5.32 Å². The number of alkyl halides is 3. The molecule has 1 aliphatic rings. The van der Waals surface area contributed by atoms with Gasteiger partial charge >= 0.3 is 6.18 Å². The van der Waals surface area contributed by atoms with Crippen molar-refractivity contribution in [2.24, 2.45) is 0 Å². The molecule has 0 bridgehead atoms. The van der Waals surface area contributed by atoms with Crippen molar-refractivity contribution in [1.29, 1.82) is 0 Å². The van der Waals surface area contributed by atoms with Gasteiger partial charge in [0.15, 0.2) is 0 Å². The lowest BCUT2D eigenvalue weighted by Crippen LogP contribution is -2.35. The van der Waals surface area contributed by atoms with E-state index in [1.165, 1.54) is 12.1 Å². The van der Waals surface area contributed by atoms with Crippen LogP contribution in [0.2, 0.25) is 0 Å². The second-order valence-corrected chi connectivity index (χ2v) is 7.12. The van der Waals surface area contributed by atoms with Gasteiger partial charge in [-0.05, 0) is 36.4 Å². The molecular weight excluding hydrogens is 377 g/mol. The summed E-state index contributed by atoms with van der Waals surface area (Å²) in [5, 5.41) is 2.52. The summed E-state index contributed by atoms with van der Waals surface area (Å²) in [6.07, 6.45) is -4.42.